The number of likely N-dealkylation sites (N-methyl/N-ethyl adjacent to an activating group) is 1. The van der Waals surface area contributed by atoms with Crippen LogP contribution < -0.4 is 5.32 Å². The Bertz CT molecular complexity index is 414. The van der Waals surface area contributed by atoms with E-state index in [-0.39, 0.29) is 11.6 Å². The Kier molecular flexibility index (Phi) is 5.10. The smallest absolute Gasteiger partial charge is 0.0834 e. The van der Waals surface area contributed by atoms with Gasteiger partial charge in [0, 0.05) is 12.6 Å². The molecule has 0 spiro atoms. The van der Waals surface area contributed by atoms with Gasteiger partial charge in [0.05, 0.1) is 23.0 Å². The Balaban J connectivity index is 2.44. The maximum atomic E-state index is 6.40. The Morgan fingerprint density at radius 3 is 2.35 bits per heavy atom. The minimum atomic E-state index is 0.114. The van der Waals surface area contributed by atoms with Crippen LogP contribution in [0.3, 0.4) is 0 Å². The van der Waals surface area contributed by atoms with Crippen LogP contribution in [0.5, 0.6) is 0 Å². The minimum Gasteiger partial charge on any atom is -0.310 e. The van der Waals surface area contributed by atoms with Crippen LogP contribution in [0.25, 0.3) is 0 Å². The topological polar surface area (TPSA) is 33.1 Å². The lowest BCUT2D eigenvalue weighted by Crippen LogP contribution is -2.55. The highest BCUT2D eigenvalue weighted by molar-refractivity contribution is 6.31. The first kappa shape index (κ1) is 15.8. The van der Waals surface area contributed by atoms with E-state index in [0.717, 1.165) is 23.6 Å². The molecule has 1 atom stereocenters. The van der Waals surface area contributed by atoms with Crippen LogP contribution in [0.2, 0.25) is 5.02 Å². The first-order chi connectivity index (χ1) is 9.60. The second-order valence-electron chi connectivity index (χ2n) is 5.73. The summed E-state index contributed by atoms with van der Waals surface area (Å²) in [5.41, 5.74) is 1.22. The average Bonchev–Trinajstić information content (AvgIpc) is 3.09. The maximum Gasteiger partial charge on any atom is 0.0834 e. The molecule has 0 radical (unpaired) electrons. The molecule has 20 heavy (non-hydrogen) atoms. The number of likely N-dealkylation sites (tertiary alicyclic amines) is 1. The predicted molar refractivity (Wildman–Crippen MR) is 84.1 cm³/mol. The lowest BCUT2D eigenvalue weighted by molar-refractivity contribution is 0.0617. The third kappa shape index (κ3) is 2.49. The molecule has 2 rings (SSSR count). The van der Waals surface area contributed by atoms with E-state index in [1.165, 1.54) is 25.9 Å². The van der Waals surface area contributed by atoms with Crippen molar-refractivity contribution in [1.82, 2.24) is 20.0 Å². The summed E-state index contributed by atoms with van der Waals surface area (Å²) in [6, 6.07) is 0.204. The van der Waals surface area contributed by atoms with Crippen LogP contribution in [0.1, 0.15) is 51.3 Å². The van der Waals surface area contributed by atoms with Gasteiger partial charge in [0.2, 0.25) is 0 Å². The van der Waals surface area contributed by atoms with Gasteiger partial charge in [0.15, 0.2) is 0 Å². The van der Waals surface area contributed by atoms with Crippen molar-refractivity contribution in [3.8, 4) is 0 Å². The average molecular weight is 299 g/mol. The summed E-state index contributed by atoms with van der Waals surface area (Å²) in [5.74, 6) is 0. The molecule has 1 N–H and O–H groups in total. The fourth-order valence-corrected chi connectivity index (χ4v) is 4.13. The molecule has 1 aliphatic rings. The van der Waals surface area contributed by atoms with Gasteiger partial charge in [0.1, 0.15) is 0 Å². The van der Waals surface area contributed by atoms with Gasteiger partial charge in [-0.2, -0.15) is 5.10 Å². The van der Waals surface area contributed by atoms with Crippen LogP contribution in [-0.2, 0) is 7.05 Å². The first-order valence-corrected chi connectivity index (χ1v) is 8.08. The lowest BCUT2D eigenvalue weighted by atomic mass is 9.81. The van der Waals surface area contributed by atoms with Crippen molar-refractivity contribution in [2.24, 2.45) is 7.05 Å². The van der Waals surface area contributed by atoms with Gasteiger partial charge in [-0.15, -0.1) is 0 Å². The predicted octanol–water partition coefficient (Wildman–Crippen LogP) is 2.99. The summed E-state index contributed by atoms with van der Waals surface area (Å²) >= 11 is 6.40. The Morgan fingerprint density at radius 2 is 1.95 bits per heavy atom. The van der Waals surface area contributed by atoms with Crippen molar-refractivity contribution >= 4 is 11.6 Å². The van der Waals surface area contributed by atoms with Gasteiger partial charge >= 0.3 is 0 Å². The number of halogens is 1. The molecule has 0 saturated carbocycles. The van der Waals surface area contributed by atoms with Gasteiger partial charge < -0.3 is 5.32 Å². The van der Waals surface area contributed by atoms with Gasteiger partial charge in [-0.05, 0) is 45.8 Å². The number of aromatic nitrogens is 2. The summed E-state index contributed by atoms with van der Waals surface area (Å²) in [6.07, 6.45) is 6.57. The van der Waals surface area contributed by atoms with Crippen molar-refractivity contribution < 1.29 is 0 Å². The van der Waals surface area contributed by atoms with Crippen LogP contribution in [0.15, 0.2) is 6.20 Å². The Hall–Kier alpha value is -0.580. The minimum absolute atomic E-state index is 0.114. The highest BCUT2D eigenvalue weighted by Crippen LogP contribution is 2.40. The molecule has 114 valence electrons. The first-order valence-electron chi connectivity index (χ1n) is 7.70. The monoisotopic (exact) mass is 298 g/mol. The van der Waals surface area contributed by atoms with Crippen LogP contribution >= 0.6 is 11.6 Å². The van der Waals surface area contributed by atoms with Gasteiger partial charge in [-0.1, -0.05) is 25.4 Å². The van der Waals surface area contributed by atoms with E-state index < -0.39 is 0 Å². The van der Waals surface area contributed by atoms with E-state index >= 15 is 0 Å². The summed E-state index contributed by atoms with van der Waals surface area (Å²) in [5, 5.41) is 8.60. The number of hydrogen-bond acceptors (Lipinski definition) is 3. The van der Waals surface area contributed by atoms with E-state index in [9.17, 15) is 0 Å². The van der Waals surface area contributed by atoms with Crippen molar-refractivity contribution in [3.05, 3.63) is 16.9 Å². The molecular weight excluding hydrogens is 272 g/mol. The highest BCUT2D eigenvalue weighted by atomic mass is 35.5. The molecule has 1 aliphatic heterocycles. The largest absolute Gasteiger partial charge is 0.310 e. The molecule has 1 aromatic rings. The Morgan fingerprint density at radius 1 is 1.35 bits per heavy atom. The molecule has 0 amide bonds. The zero-order valence-corrected chi connectivity index (χ0v) is 13.9. The normalized spacial score (nSPS) is 18.6. The Labute approximate surface area is 127 Å². The van der Waals surface area contributed by atoms with E-state index in [2.05, 4.69) is 29.2 Å². The number of aryl methyl sites for hydroxylation is 1. The maximum absolute atomic E-state index is 6.40. The van der Waals surface area contributed by atoms with E-state index in [4.69, 9.17) is 11.6 Å². The SMILES string of the molecule is CCC(CC)(C(NC)c1c(Cl)cnn1C)N1CCCC1. The molecule has 1 unspecified atom stereocenters. The van der Waals surface area contributed by atoms with Crippen LogP contribution in [-0.4, -0.2) is 40.4 Å². The zero-order chi connectivity index (χ0) is 14.8. The molecule has 2 heterocycles. The van der Waals surface area contributed by atoms with Crippen molar-refractivity contribution in [3.63, 3.8) is 0 Å². The molecule has 1 aromatic heterocycles. The summed E-state index contributed by atoms with van der Waals surface area (Å²) in [6.45, 7) is 6.96. The van der Waals surface area contributed by atoms with Crippen molar-refractivity contribution in [2.45, 2.75) is 51.1 Å². The number of nitrogens with zero attached hydrogens (tertiary/aromatic N) is 3. The van der Waals surface area contributed by atoms with Crippen molar-refractivity contribution in [1.29, 1.82) is 0 Å². The third-order valence-corrected chi connectivity index (χ3v) is 5.29. The fourth-order valence-electron chi connectivity index (χ4n) is 3.86. The number of hydrogen-bond donors (Lipinski definition) is 1. The summed E-state index contributed by atoms with van der Waals surface area (Å²) < 4.78 is 1.92. The number of nitrogens with one attached hydrogen (secondary N) is 1. The van der Waals surface area contributed by atoms with E-state index in [1.54, 1.807) is 6.20 Å². The fraction of sp³-hybridized carbons (Fsp3) is 0.800. The molecular formula is C15H27ClN4. The zero-order valence-electron chi connectivity index (χ0n) is 13.1. The molecule has 0 bridgehead atoms. The van der Waals surface area contributed by atoms with E-state index in [0.29, 0.717) is 0 Å². The molecule has 0 aromatic carbocycles. The van der Waals surface area contributed by atoms with E-state index in [1.807, 2.05) is 18.8 Å². The van der Waals surface area contributed by atoms with Crippen molar-refractivity contribution in [2.75, 3.05) is 20.1 Å². The molecule has 1 fully saturated rings. The van der Waals surface area contributed by atoms with Crippen LogP contribution in [0.4, 0.5) is 0 Å². The van der Waals surface area contributed by atoms with Gasteiger partial charge in [-0.25, -0.2) is 0 Å². The quantitative estimate of drug-likeness (QED) is 0.876. The summed E-state index contributed by atoms with van der Waals surface area (Å²) in [7, 11) is 4.01. The third-order valence-electron chi connectivity index (χ3n) is 5.00. The molecule has 4 nitrogen and oxygen atoms in total. The van der Waals surface area contributed by atoms with Gasteiger partial charge in [-0.3, -0.25) is 9.58 Å². The number of rotatable bonds is 6. The van der Waals surface area contributed by atoms with Gasteiger partial charge in [0.25, 0.3) is 0 Å². The summed E-state index contributed by atoms with van der Waals surface area (Å²) in [4.78, 5) is 2.65. The molecule has 1 saturated heterocycles. The molecule has 0 aliphatic carbocycles. The highest BCUT2D eigenvalue weighted by Gasteiger charge is 2.44. The second-order valence-corrected chi connectivity index (χ2v) is 6.14. The van der Waals surface area contributed by atoms with Crippen LogP contribution in [0, 0.1) is 0 Å². The second kappa shape index (κ2) is 6.46. The lowest BCUT2D eigenvalue weighted by Gasteiger charge is -2.46. The standard InChI is InChI=1S/C15H27ClN4/c1-5-15(6-2,20-9-7-8-10-20)14(17-3)13-12(16)11-18-19(13)4/h11,14,17H,5-10H2,1-4H3. The molecule has 5 heteroatoms.